The molecule has 0 atom stereocenters. The van der Waals surface area contributed by atoms with Gasteiger partial charge in [0, 0.05) is 24.2 Å². The van der Waals surface area contributed by atoms with Gasteiger partial charge in [0.15, 0.2) is 0 Å². The fourth-order valence-corrected chi connectivity index (χ4v) is 3.04. The van der Waals surface area contributed by atoms with Crippen LogP contribution in [0.15, 0.2) is 48.5 Å². The van der Waals surface area contributed by atoms with Gasteiger partial charge < -0.3 is 15.8 Å². The number of hydrogen-bond acceptors (Lipinski definition) is 5. The Morgan fingerprint density at radius 3 is 2.41 bits per heavy atom. The van der Waals surface area contributed by atoms with Gasteiger partial charge in [-0.05, 0) is 43.9 Å². The molecule has 3 N–H and O–H groups in total. The molecule has 27 heavy (non-hydrogen) atoms. The molecule has 3 rings (SSSR count). The van der Waals surface area contributed by atoms with Gasteiger partial charge in [0.2, 0.25) is 0 Å². The molecule has 0 unspecified atom stereocenters. The van der Waals surface area contributed by atoms with E-state index in [0.29, 0.717) is 5.75 Å². The number of nitro benzene ring substituents is 1. The van der Waals surface area contributed by atoms with Crippen LogP contribution in [0.3, 0.4) is 0 Å². The van der Waals surface area contributed by atoms with Crippen LogP contribution in [0.5, 0.6) is 11.5 Å². The highest BCUT2D eigenvalue weighted by Crippen LogP contribution is 2.29. The first kappa shape index (κ1) is 20.7. The molecule has 2 aromatic carbocycles. The predicted octanol–water partition coefficient (Wildman–Crippen LogP) is 3.81. The molecule has 0 radical (unpaired) electrons. The van der Waals surface area contributed by atoms with Crippen LogP contribution in [0.2, 0.25) is 0 Å². The smallest absolute Gasteiger partial charge is 0.270 e. The van der Waals surface area contributed by atoms with Crippen LogP contribution in [0, 0.1) is 10.1 Å². The third kappa shape index (κ3) is 5.42. The highest BCUT2D eigenvalue weighted by molar-refractivity contribution is 5.97. The van der Waals surface area contributed by atoms with E-state index >= 15 is 0 Å². The molecular weight excluding hydrogens is 370 g/mol. The number of non-ortho nitro benzene ring substituents is 1. The summed E-state index contributed by atoms with van der Waals surface area (Å²) in [5.74, 6) is 0.464. The van der Waals surface area contributed by atoms with E-state index in [1.165, 1.54) is 18.2 Å². The molecule has 1 aliphatic carbocycles. The van der Waals surface area contributed by atoms with E-state index in [2.05, 4.69) is 5.32 Å². The topological polar surface area (TPSA) is 107 Å². The summed E-state index contributed by atoms with van der Waals surface area (Å²) >= 11 is 0. The third-order valence-electron chi connectivity index (χ3n) is 4.50. The molecule has 144 valence electrons. The molecule has 2 aromatic rings. The summed E-state index contributed by atoms with van der Waals surface area (Å²) in [6, 6.07) is 13.2. The molecule has 0 heterocycles. The lowest BCUT2D eigenvalue weighted by molar-refractivity contribution is -0.384. The average molecular weight is 392 g/mol. The van der Waals surface area contributed by atoms with Gasteiger partial charge in [-0.3, -0.25) is 14.9 Å². The first-order valence-corrected chi connectivity index (χ1v) is 8.60. The van der Waals surface area contributed by atoms with Crippen molar-refractivity contribution in [2.24, 2.45) is 5.73 Å². The summed E-state index contributed by atoms with van der Waals surface area (Å²) in [6.45, 7) is 0. The Morgan fingerprint density at radius 1 is 1.11 bits per heavy atom. The summed E-state index contributed by atoms with van der Waals surface area (Å²) < 4.78 is 5.77. The highest BCUT2D eigenvalue weighted by Gasteiger charge is 2.24. The van der Waals surface area contributed by atoms with Gasteiger partial charge in [-0.15, -0.1) is 12.4 Å². The molecule has 7 nitrogen and oxygen atoms in total. The van der Waals surface area contributed by atoms with Crippen LogP contribution in [0.4, 0.5) is 5.69 Å². The summed E-state index contributed by atoms with van der Waals surface area (Å²) in [5, 5.41) is 14.0. The zero-order valence-electron chi connectivity index (χ0n) is 14.7. The zero-order chi connectivity index (χ0) is 18.5. The second kappa shape index (κ2) is 9.34. The van der Waals surface area contributed by atoms with E-state index in [0.717, 1.165) is 25.7 Å². The Kier molecular flexibility index (Phi) is 7.15. The second-order valence-corrected chi connectivity index (χ2v) is 6.44. The van der Waals surface area contributed by atoms with E-state index in [1.807, 2.05) is 18.2 Å². The normalized spacial score (nSPS) is 18.9. The van der Waals surface area contributed by atoms with E-state index in [1.54, 1.807) is 12.1 Å². The third-order valence-corrected chi connectivity index (χ3v) is 4.50. The van der Waals surface area contributed by atoms with Gasteiger partial charge in [0.05, 0.1) is 10.5 Å². The Labute approximate surface area is 163 Å². The SMILES string of the molecule is Cl.NC1CCC(NC(=O)c2cc([N+](=O)[O-])ccc2Oc2ccccc2)CC1. The average Bonchev–Trinajstić information content (AvgIpc) is 2.64. The molecule has 1 amide bonds. The summed E-state index contributed by atoms with van der Waals surface area (Å²) in [7, 11) is 0. The maximum absolute atomic E-state index is 12.7. The number of rotatable bonds is 5. The minimum absolute atomic E-state index is 0. The van der Waals surface area contributed by atoms with Crippen molar-refractivity contribution in [2.45, 2.75) is 37.8 Å². The molecule has 0 spiro atoms. The second-order valence-electron chi connectivity index (χ2n) is 6.44. The molecule has 8 heteroatoms. The van der Waals surface area contributed by atoms with Gasteiger partial charge in [-0.1, -0.05) is 18.2 Å². The van der Waals surface area contributed by atoms with Gasteiger partial charge in [0.1, 0.15) is 11.5 Å². The first-order valence-electron chi connectivity index (χ1n) is 8.60. The Morgan fingerprint density at radius 2 is 1.78 bits per heavy atom. The molecule has 1 aliphatic rings. The number of nitrogens with two attached hydrogens (primary N) is 1. The first-order chi connectivity index (χ1) is 12.5. The molecule has 0 aromatic heterocycles. The lowest BCUT2D eigenvalue weighted by Crippen LogP contribution is -2.40. The van der Waals surface area contributed by atoms with Crippen molar-refractivity contribution in [1.29, 1.82) is 0 Å². The molecule has 0 saturated heterocycles. The summed E-state index contributed by atoms with van der Waals surface area (Å²) in [5.41, 5.74) is 5.89. The standard InChI is InChI=1S/C19H21N3O4.ClH/c20-13-6-8-14(9-7-13)21-19(23)17-12-15(22(24)25)10-11-18(17)26-16-4-2-1-3-5-16;/h1-5,10-14H,6-9,20H2,(H,21,23);1H. The van der Waals surface area contributed by atoms with Crippen molar-refractivity contribution >= 4 is 24.0 Å². The van der Waals surface area contributed by atoms with Crippen LogP contribution in [0.25, 0.3) is 0 Å². The number of nitrogens with one attached hydrogen (secondary N) is 1. The van der Waals surface area contributed by atoms with Crippen LogP contribution < -0.4 is 15.8 Å². The Bertz CT molecular complexity index is 793. The van der Waals surface area contributed by atoms with Gasteiger partial charge in [-0.25, -0.2) is 0 Å². The number of benzene rings is 2. The predicted molar refractivity (Wildman–Crippen MR) is 105 cm³/mol. The monoisotopic (exact) mass is 391 g/mol. The summed E-state index contributed by atoms with van der Waals surface area (Å²) in [6.07, 6.45) is 3.31. The fraction of sp³-hybridized carbons (Fsp3) is 0.316. The number of nitro groups is 1. The molecule has 1 fully saturated rings. The minimum atomic E-state index is -0.525. The largest absolute Gasteiger partial charge is 0.457 e. The number of para-hydroxylation sites is 1. The molecule has 0 aliphatic heterocycles. The van der Waals surface area contributed by atoms with Crippen molar-refractivity contribution < 1.29 is 14.5 Å². The number of carbonyl (C=O) groups excluding carboxylic acids is 1. The van der Waals surface area contributed by atoms with Crippen molar-refractivity contribution in [2.75, 3.05) is 0 Å². The number of hydrogen-bond donors (Lipinski definition) is 2. The van der Waals surface area contributed by atoms with Gasteiger partial charge in [0.25, 0.3) is 11.6 Å². The van der Waals surface area contributed by atoms with Crippen molar-refractivity contribution in [3.05, 3.63) is 64.2 Å². The number of halogens is 1. The molecule has 1 saturated carbocycles. The lowest BCUT2D eigenvalue weighted by atomic mass is 9.91. The fourth-order valence-electron chi connectivity index (χ4n) is 3.04. The lowest BCUT2D eigenvalue weighted by Gasteiger charge is -2.27. The number of nitrogens with zero attached hydrogens (tertiary/aromatic N) is 1. The minimum Gasteiger partial charge on any atom is -0.457 e. The van der Waals surface area contributed by atoms with Gasteiger partial charge >= 0.3 is 0 Å². The molecular formula is C19H22ClN3O4. The van der Waals surface area contributed by atoms with Crippen molar-refractivity contribution in [3.8, 4) is 11.5 Å². The maximum atomic E-state index is 12.7. The maximum Gasteiger partial charge on any atom is 0.270 e. The quantitative estimate of drug-likeness (QED) is 0.595. The highest BCUT2D eigenvalue weighted by atomic mass is 35.5. The number of ether oxygens (including phenoxy) is 1. The van der Waals surface area contributed by atoms with Crippen LogP contribution >= 0.6 is 12.4 Å². The zero-order valence-corrected chi connectivity index (χ0v) is 15.5. The van der Waals surface area contributed by atoms with Gasteiger partial charge in [-0.2, -0.15) is 0 Å². The number of carbonyl (C=O) groups is 1. The molecule has 0 bridgehead atoms. The van der Waals surface area contributed by atoms with Crippen LogP contribution in [-0.2, 0) is 0 Å². The Balaban J connectivity index is 0.00000261. The van der Waals surface area contributed by atoms with E-state index in [-0.39, 0.29) is 47.4 Å². The van der Waals surface area contributed by atoms with E-state index in [4.69, 9.17) is 10.5 Å². The van der Waals surface area contributed by atoms with E-state index in [9.17, 15) is 14.9 Å². The van der Waals surface area contributed by atoms with Crippen molar-refractivity contribution in [3.63, 3.8) is 0 Å². The summed E-state index contributed by atoms with van der Waals surface area (Å²) in [4.78, 5) is 23.3. The Hall–Kier alpha value is -2.64. The van der Waals surface area contributed by atoms with E-state index < -0.39 is 4.92 Å². The number of amides is 1. The van der Waals surface area contributed by atoms with Crippen molar-refractivity contribution in [1.82, 2.24) is 5.32 Å². The van der Waals surface area contributed by atoms with Crippen LogP contribution in [-0.4, -0.2) is 22.9 Å². The van der Waals surface area contributed by atoms with Crippen LogP contribution in [0.1, 0.15) is 36.0 Å².